The number of pyridine rings is 1. The molecule has 0 unspecified atom stereocenters. The molecule has 2 aromatic carbocycles. The number of aromatic nitrogens is 3. The van der Waals surface area contributed by atoms with Gasteiger partial charge in [0.15, 0.2) is 0 Å². The summed E-state index contributed by atoms with van der Waals surface area (Å²) in [7, 11) is -3.92. The number of ether oxygens (including phenoxy) is 1. The minimum atomic E-state index is -3.92. The van der Waals surface area contributed by atoms with E-state index in [1.165, 1.54) is 17.7 Å². The fourth-order valence-corrected chi connectivity index (χ4v) is 7.08. The second kappa shape index (κ2) is 11.6. The van der Waals surface area contributed by atoms with Crippen molar-refractivity contribution in [3.05, 3.63) is 76.7 Å². The van der Waals surface area contributed by atoms with E-state index in [-0.39, 0.29) is 11.4 Å². The van der Waals surface area contributed by atoms with Crippen molar-refractivity contribution < 1.29 is 17.5 Å². The van der Waals surface area contributed by atoms with E-state index in [4.69, 9.17) is 27.2 Å². The van der Waals surface area contributed by atoms with Gasteiger partial charge in [0.2, 0.25) is 10.0 Å². The number of hydrogen-bond donors (Lipinski definition) is 3. The summed E-state index contributed by atoms with van der Waals surface area (Å²) in [4.78, 5) is 4.50. The average molecular weight is 611 g/mol. The fraction of sp³-hybridized carbons (Fsp3) is 0.333. The molecule has 6 rings (SSSR count). The molecule has 0 amide bonds. The Hall–Kier alpha value is -3.51. The van der Waals surface area contributed by atoms with Crippen LogP contribution in [0.3, 0.4) is 0 Å². The zero-order valence-electron chi connectivity index (χ0n) is 23.1. The van der Waals surface area contributed by atoms with Crippen LogP contribution < -0.4 is 15.8 Å². The molecular formula is C30H32ClFN6O3S. The largest absolute Gasteiger partial charge is 0.383 e. The summed E-state index contributed by atoms with van der Waals surface area (Å²) < 4.78 is 50.4. The highest BCUT2D eigenvalue weighted by Gasteiger charge is 2.26. The number of benzene rings is 2. The van der Waals surface area contributed by atoms with Crippen molar-refractivity contribution in [3.63, 3.8) is 0 Å². The van der Waals surface area contributed by atoms with Gasteiger partial charge in [0.25, 0.3) is 0 Å². The van der Waals surface area contributed by atoms with Crippen LogP contribution in [-0.4, -0.2) is 48.5 Å². The van der Waals surface area contributed by atoms with Crippen molar-refractivity contribution in [1.82, 2.24) is 20.1 Å². The van der Waals surface area contributed by atoms with E-state index in [2.05, 4.69) is 21.1 Å². The molecule has 0 bridgehead atoms. The summed E-state index contributed by atoms with van der Waals surface area (Å²) in [6.45, 7) is 4.10. The van der Waals surface area contributed by atoms with Crippen molar-refractivity contribution in [3.8, 4) is 11.3 Å². The number of fused-ring (bicyclic) bond motifs is 1. The zero-order valence-corrected chi connectivity index (χ0v) is 24.7. The van der Waals surface area contributed by atoms with Gasteiger partial charge in [-0.05, 0) is 55.5 Å². The van der Waals surface area contributed by atoms with Crippen LogP contribution in [0.15, 0.2) is 54.7 Å². The maximum atomic E-state index is 15.3. The second-order valence-electron chi connectivity index (χ2n) is 10.7. The van der Waals surface area contributed by atoms with Gasteiger partial charge >= 0.3 is 0 Å². The Morgan fingerprint density at radius 2 is 2.00 bits per heavy atom. The number of allylic oxidation sites excluding steroid dienone is 1. The summed E-state index contributed by atoms with van der Waals surface area (Å²) in [6.07, 6.45) is 6.84. The van der Waals surface area contributed by atoms with Crippen molar-refractivity contribution in [2.45, 2.75) is 50.6 Å². The van der Waals surface area contributed by atoms with E-state index in [0.717, 1.165) is 43.6 Å². The number of nitrogens with one attached hydrogen (secondary N) is 2. The predicted octanol–water partition coefficient (Wildman–Crippen LogP) is 5.36. The first-order valence-electron chi connectivity index (χ1n) is 13.9. The average Bonchev–Trinajstić information content (AvgIpc) is 3.34. The quantitative estimate of drug-likeness (QED) is 0.233. The maximum absolute atomic E-state index is 15.3. The fourth-order valence-electron chi connectivity index (χ4n) is 5.57. The predicted molar refractivity (Wildman–Crippen MR) is 164 cm³/mol. The van der Waals surface area contributed by atoms with Gasteiger partial charge in [-0.25, -0.2) is 17.8 Å². The Bertz CT molecular complexity index is 1790. The minimum absolute atomic E-state index is 0.166. The molecule has 3 heterocycles. The first-order chi connectivity index (χ1) is 20.2. The van der Waals surface area contributed by atoms with Gasteiger partial charge in [-0.2, -0.15) is 5.10 Å². The molecule has 2 aliphatic rings. The third-order valence-electron chi connectivity index (χ3n) is 7.77. The highest BCUT2D eigenvalue weighted by atomic mass is 35.5. The molecule has 1 aliphatic heterocycles. The number of nitrogen functional groups attached to an aromatic ring is 1. The van der Waals surface area contributed by atoms with Crippen LogP contribution in [0.2, 0.25) is 5.02 Å². The Morgan fingerprint density at radius 3 is 2.67 bits per heavy atom. The standard InChI is InChI=1S/C30H32ClFN6O3S/c1-2-38-29-23(18-7-10-21(11-8-18)35-22-15-41-16-22)14-34-30(33)27(29)28(36-38)19-9-12-26(25(32)13-19)37-42(39,40)17-20-5-3-4-6-24(20)31/h3-7,9,12-14,21-22,35,37H,2,8,10-11,15-17H2,1H3,(H2,33,34)/t21-/m0/s1. The topological polar surface area (TPSA) is 124 Å². The number of sulfonamides is 1. The van der Waals surface area contributed by atoms with Crippen LogP contribution >= 0.6 is 11.6 Å². The van der Waals surface area contributed by atoms with Crippen molar-refractivity contribution in [2.75, 3.05) is 23.7 Å². The summed E-state index contributed by atoms with van der Waals surface area (Å²) >= 11 is 6.12. The molecule has 220 valence electrons. The lowest BCUT2D eigenvalue weighted by Crippen LogP contribution is -2.50. The molecule has 0 radical (unpaired) electrons. The summed E-state index contributed by atoms with van der Waals surface area (Å²) in [5.74, 6) is -0.816. The highest BCUT2D eigenvalue weighted by molar-refractivity contribution is 7.91. The number of aryl methyl sites for hydroxylation is 1. The van der Waals surface area contributed by atoms with Crippen LogP contribution in [0, 0.1) is 5.82 Å². The third kappa shape index (κ3) is 5.74. The van der Waals surface area contributed by atoms with Crippen LogP contribution in [0.25, 0.3) is 27.7 Å². The van der Waals surface area contributed by atoms with Crippen molar-refractivity contribution in [2.24, 2.45) is 0 Å². The Labute approximate surface area is 249 Å². The molecule has 9 nitrogen and oxygen atoms in total. The summed E-state index contributed by atoms with van der Waals surface area (Å²) in [5.41, 5.74) is 10.6. The Morgan fingerprint density at radius 1 is 1.19 bits per heavy atom. The zero-order chi connectivity index (χ0) is 29.4. The van der Waals surface area contributed by atoms with E-state index < -0.39 is 15.8 Å². The third-order valence-corrected chi connectivity index (χ3v) is 9.36. The van der Waals surface area contributed by atoms with Gasteiger partial charge in [-0.15, -0.1) is 0 Å². The van der Waals surface area contributed by atoms with Gasteiger partial charge in [-0.1, -0.05) is 41.9 Å². The van der Waals surface area contributed by atoms with Crippen molar-refractivity contribution in [1.29, 1.82) is 0 Å². The lowest BCUT2D eigenvalue weighted by atomic mass is 9.89. The summed E-state index contributed by atoms with van der Waals surface area (Å²) in [6, 6.07) is 11.8. The number of anilines is 2. The van der Waals surface area contributed by atoms with Gasteiger partial charge in [0, 0.05) is 34.9 Å². The number of nitrogens with zero attached hydrogens (tertiary/aromatic N) is 3. The molecule has 2 aromatic heterocycles. The first kappa shape index (κ1) is 28.6. The monoisotopic (exact) mass is 610 g/mol. The Kier molecular flexibility index (Phi) is 7.93. The lowest BCUT2D eigenvalue weighted by Gasteiger charge is -2.33. The number of hydrogen-bond acceptors (Lipinski definition) is 7. The molecule has 1 saturated heterocycles. The van der Waals surface area contributed by atoms with E-state index >= 15 is 4.39 Å². The van der Waals surface area contributed by atoms with Gasteiger partial charge in [-0.3, -0.25) is 9.40 Å². The van der Waals surface area contributed by atoms with Crippen molar-refractivity contribution >= 4 is 49.6 Å². The van der Waals surface area contributed by atoms with Crippen LogP contribution in [0.5, 0.6) is 0 Å². The molecular weight excluding hydrogens is 579 g/mol. The number of halogens is 2. The van der Waals surface area contributed by atoms with Gasteiger partial charge in [0.1, 0.15) is 17.3 Å². The lowest BCUT2D eigenvalue weighted by molar-refractivity contribution is -0.0103. The molecule has 0 saturated carbocycles. The minimum Gasteiger partial charge on any atom is -0.383 e. The first-order valence-corrected chi connectivity index (χ1v) is 16.0. The Balaban J connectivity index is 1.30. The SMILES string of the molecule is CCn1nc(-c2ccc(NS(=O)(=O)Cc3ccccc3Cl)c(F)c2)c2c(N)ncc(C3=CC[C@H](NC4COC4)CC3)c21. The highest BCUT2D eigenvalue weighted by Crippen LogP contribution is 2.39. The van der Waals surface area contributed by atoms with Crippen LogP contribution in [0.4, 0.5) is 15.9 Å². The van der Waals surface area contributed by atoms with Crippen LogP contribution in [0.1, 0.15) is 37.3 Å². The van der Waals surface area contributed by atoms with E-state index in [9.17, 15) is 8.42 Å². The molecule has 4 aromatic rings. The molecule has 42 heavy (non-hydrogen) atoms. The molecule has 1 atom stereocenters. The molecule has 4 N–H and O–H groups in total. The second-order valence-corrected chi connectivity index (χ2v) is 12.8. The summed E-state index contributed by atoms with van der Waals surface area (Å²) in [5, 5.41) is 9.43. The van der Waals surface area contributed by atoms with Gasteiger partial charge in [0.05, 0.1) is 41.6 Å². The smallest absolute Gasteiger partial charge is 0.237 e. The van der Waals surface area contributed by atoms with E-state index in [0.29, 0.717) is 51.7 Å². The van der Waals surface area contributed by atoms with Crippen LogP contribution in [-0.2, 0) is 27.1 Å². The molecule has 12 heteroatoms. The molecule has 0 spiro atoms. The normalized spacial score (nSPS) is 17.7. The number of rotatable bonds is 9. The maximum Gasteiger partial charge on any atom is 0.237 e. The number of nitrogens with two attached hydrogens (primary N) is 1. The van der Waals surface area contributed by atoms with Gasteiger partial charge < -0.3 is 15.8 Å². The molecule has 1 fully saturated rings. The molecule has 1 aliphatic carbocycles. The van der Waals surface area contributed by atoms with E-state index in [1.54, 1.807) is 36.5 Å². The van der Waals surface area contributed by atoms with E-state index in [1.807, 2.05) is 11.6 Å².